The van der Waals surface area contributed by atoms with Gasteiger partial charge in [0.05, 0.1) is 5.52 Å². The van der Waals surface area contributed by atoms with Crippen LogP contribution in [0.2, 0.25) is 0 Å². The van der Waals surface area contributed by atoms with Gasteiger partial charge >= 0.3 is 0 Å². The second-order valence-electron chi connectivity index (χ2n) is 17.9. The molecule has 0 aliphatic heterocycles. The SMILES string of the molecule is CC1Cc2c(c3ccccc3n2-c2cccc(-c3ccc4c5c(cccc35)C3=C4CCC=C3)c2)C=C1c1ccc(-c2ccc3c(c2)-c2ccccc2CC3c2ccccc2)cc1. The molecule has 0 radical (unpaired) electrons. The van der Waals surface area contributed by atoms with Crippen LogP contribution in [0.5, 0.6) is 0 Å². The number of rotatable bonds is 5. The summed E-state index contributed by atoms with van der Waals surface area (Å²) in [6.45, 7) is 2.40. The molecule has 0 amide bonds. The lowest BCUT2D eigenvalue weighted by Crippen LogP contribution is -2.13. The van der Waals surface area contributed by atoms with Crippen molar-refractivity contribution >= 4 is 44.5 Å². The first kappa shape index (κ1) is 35.5. The van der Waals surface area contributed by atoms with E-state index in [1.54, 1.807) is 0 Å². The smallest absolute Gasteiger partial charge is 0.0537 e. The van der Waals surface area contributed by atoms with Crippen molar-refractivity contribution in [2.24, 2.45) is 5.92 Å². The van der Waals surface area contributed by atoms with Crippen molar-refractivity contribution < 1.29 is 0 Å². The molecule has 2 atom stereocenters. The normalized spacial score (nSPS) is 17.1. The maximum absolute atomic E-state index is 2.54. The highest BCUT2D eigenvalue weighted by molar-refractivity contribution is 6.19. The molecule has 1 nitrogen and oxygen atoms in total. The van der Waals surface area contributed by atoms with Crippen molar-refractivity contribution in [3.05, 3.63) is 233 Å². The van der Waals surface area contributed by atoms with Gasteiger partial charge in [0.25, 0.3) is 0 Å². The zero-order valence-electron chi connectivity index (χ0n) is 34.9. The summed E-state index contributed by atoms with van der Waals surface area (Å²) in [7, 11) is 0. The van der Waals surface area contributed by atoms with E-state index in [0.717, 1.165) is 25.7 Å². The van der Waals surface area contributed by atoms with Crippen LogP contribution in [0.4, 0.5) is 0 Å². The Kier molecular flexibility index (Phi) is 7.97. The summed E-state index contributed by atoms with van der Waals surface area (Å²) in [5.74, 6) is 0.719. The Morgan fingerprint density at radius 3 is 2.21 bits per heavy atom. The molecule has 1 heteroatoms. The molecule has 0 spiro atoms. The van der Waals surface area contributed by atoms with Gasteiger partial charge in [0, 0.05) is 28.2 Å². The van der Waals surface area contributed by atoms with E-state index in [0.29, 0.717) is 11.8 Å². The van der Waals surface area contributed by atoms with Crippen LogP contribution in [0.1, 0.15) is 70.3 Å². The molecule has 9 aromatic rings. The van der Waals surface area contributed by atoms with Crippen LogP contribution in [0.3, 0.4) is 0 Å². The zero-order valence-corrected chi connectivity index (χ0v) is 34.9. The first-order valence-electron chi connectivity index (χ1n) is 22.4. The van der Waals surface area contributed by atoms with E-state index in [4.69, 9.17) is 0 Å². The quantitative estimate of drug-likeness (QED) is 0.164. The van der Waals surface area contributed by atoms with Gasteiger partial charge in [0.1, 0.15) is 0 Å². The first-order valence-corrected chi connectivity index (χ1v) is 22.4. The molecular formula is C61H45N. The van der Waals surface area contributed by atoms with E-state index in [1.807, 2.05) is 0 Å². The predicted octanol–water partition coefficient (Wildman–Crippen LogP) is 15.8. The van der Waals surface area contributed by atoms with E-state index in [9.17, 15) is 0 Å². The third kappa shape index (κ3) is 5.41. The molecule has 13 rings (SSSR count). The van der Waals surface area contributed by atoms with Gasteiger partial charge in [-0.3, -0.25) is 0 Å². The average molecular weight is 792 g/mol. The topological polar surface area (TPSA) is 4.93 Å². The molecule has 1 aromatic heterocycles. The molecular weight excluding hydrogens is 747 g/mol. The van der Waals surface area contributed by atoms with Gasteiger partial charge in [-0.05, 0) is 156 Å². The van der Waals surface area contributed by atoms with Crippen molar-refractivity contribution in [1.82, 2.24) is 4.57 Å². The fourth-order valence-electron chi connectivity index (χ4n) is 11.6. The lowest BCUT2D eigenvalue weighted by molar-refractivity contribution is 0.708. The number of allylic oxidation sites excluding steroid dienone is 5. The van der Waals surface area contributed by atoms with E-state index in [2.05, 4.69) is 206 Å². The molecule has 8 aromatic carbocycles. The summed E-state index contributed by atoms with van der Waals surface area (Å²) in [6.07, 6.45) is 11.4. The third-order valence-corrected chi connectivity index (χ3v) is 14.5. The van der Waals surface area contributed by atoms with E-state index in [-0.39, 0.29) is 0 Å². The Bertz CT molecular complexity index is 3400. The maximum Gasteiger partial charge on any atom is 0.0537 e. The minimum atomic E-state index is 0.359. The van der Waals surface area contributed by atoms with Gasteiger partial charge in [-0.15, -0.1) is 0 Å². The first-order chi connectivity index (χ1) is 30.7. The zero-order chi connectivity index (χ0) is 40.9. The largest absolute Gasteiger partial charge is 0.313 e. The molecule has 4 aliphatic rings. The van der Waals surface area contributed by atoms with Crippen LogP contribution < -0.4 is 0 Å². The Morgan fingerprint density at radius 2 is 1.29 bits per heavy atom. The molecule has 4 aliphatic carbocycles. The monoisotopic (exact) mass is 791 g/mol. The molecule has 294 valence electrons. The van der Waals surface area contributed by atoms with Crippen LogP contribution in [0, 0.1) is 5.92 Å². The number of para-hydroxylation sites is 1. The Morgan fingerprint density at radius 1 is 0.532 bits per heavy atom. The highest BCUT2D eigenvalue weighted by atomic mass is 15.0. The van der Waals surface area contributed by atoms with E-state index < -0.39 is 0 Å². The Balaban J connectivity index is 0.860. The maximum atomic E-state index is 2.54. The van der Waals surface area contributed by atoms with Crippen molar-refractivity contribution in [1.29, 1.82) is 0 Å². The summed E-state index contributed by atoms with van der Waals surface area (Å²) < 4.78 is 2.54. The second kappa shape index (κ2) is 13.9. The number of aromatic nitrogens is 1. The number of benzene rings is 8. The molecule has 62 heavy (non-hydrogen) atoms. The van der Waals surface area contributed by atoms with E-state index in [1.165, 1.54) is 122 Å². The number of hydrogen-bond acceptors (Lipinski definition) is 0. The number of hydrogen-bond donors (Lipinski definition) is 0. The number of fused-ring (bicyclic) bond motifs is 8. The molecule has 0 N–H and O–H groups in total. The number of nitrogens with zero attached hydrogens (tertiary/aromatic N) is 1. The van der Waals surface area contributed by atoms with Crippen LogP contribution in [-0.2, 0) is 12.8 Å². The molecule has 0 fully saturated rings. The van der Waals surface area contributed by atoms with Gasteiger partial charge in [-0.1, -0.05) is 171 Å². The van der Waals surface area contributed by atoms with E-state index >= 15 is 0 Å². The molecule has 0 saturated heterocycles. The van der Waals surface area contributed by atoms with Crippen molar-refractivity contribution in [3.8, 4) is 39.1 Å². The second-order valence-corrected chi connectivity index (χ2v) is 17.9. The van der Waals surface area contributed by atoms with Crippen LogP contribution in [0.15, 0.2) is 188 Å². The lowest BCUT2D eigenvalue weighted by atomic mass is 9.75. The fourth-order valence-corrected chi connectivity index (χ4v) is 11.6. The summed E-state index contributed by atoms with van der Waals surface area (Å²) in [5.41, 5.74) is 25.7. The summed E-state index contributed by atoms with van der Waals surface area (Å²) in [5, 5.41) is 4.08. The summed E-state index contributed by atoms with van der Waals surface area (Å²) in [6, 6.07) is 66.4. The van der Waals surface area contributed by atoms with Crippen LogP contribution in [0.25, 0.3) is 83.5 Å². The Labute approximate surface area is 363 Å². The summed E-state index contributed by atoms with van der Waals surface area (Å²) >= 11 is 0. The molecule has 2 unspecified atom stereocenters. The van der Waals surface area contributed by atoms with Crippen LogP contribution >= 0.6 is 0 Å². The van der Waals surface area contributed by atoms with Gasteiger partial charge in [-0.2, -0.15) is 0 Å². The Hall–Kier alpha value is -7.22. The predicted molar refractivity (Wildman–Crippen MR) is 261 cm³/mol. The third-order valence-electron chi connectivity index (χ3n) is 14.5. The lowest BCUT2D eigenvalue weighted by Gasteiger charge is -2.29. The fraction of sp³-hybridized carbons (Fsp3) is 0.115. The standard InChI is InChI=1S/C61H45N/c1-38-33-60-58(37-55(38)41-27-25-39(26-28-41)42-29-30-50-56(40-13-3-2-4-14-40)36-44-15-5-6-18-46(44)57(50)35-42)51-21-9-10-24-59(51)62(60)45-17-11-16-43(34-45)47-31-32-54-49-20-8-7-19-48(49)53-23-12-22-52(47)61(53)54/h2-7,9-19,21-32,34-35,37-38,56H,8,20,33,36H2,1H3. The van der Waals surface area contributed by atoms with Crippen molar-refractivity contribution in [3.63, 3.8) is 0 Å². The summed E-state index contributed by atoms with van der Waals surface area (Å²) in [4.78, 5) is 0. The minimum absolute atomic E-state index is 0.359. The minimum Gasteiger partial charge on any atom is -0.313 e. The van der Waals surface area contributed by atoms with Crippen molar-refractivity contribution in [2.45, 2.75) is 38.5 Å². The highest BCUT2D eigenvalue weighted by Gasteiger charge is 2.29. The van der Waals surface area contributed by atoms with Gasteiger partial charge in [0.15, 0.2) is 0 Å². The molecule has 0 bridgehead atoms. The van der Waals surface area contributed by atoms with Crippen LogP contribution in [-0.4, -0.2) is 4.57 Å². The van der Waals surface area contributed by atoms with Gasteiger partial charge in [0.2, 0.25) is 0 Å². The molecule has 1 heterocycles. The highest BCUT2D eigenvalue weighted by Crippen LogP contribution is 2.49. The van der Waals surface area contributed by atoms with Gasteiger partial charge < -0.3 is 4.57 Å². The average Bonchev–Trinajstić information content (AvgIpc) is 3.84. The van der Waals surface area contributed by atoms with Gasteiger partial charge in [-0.25, -0.2) is 0 Å². The molecule has 0 saturated carbocycles. The van der Waals surface area contributed by atoms with Crippen molar-refractivity contribution in [2.75, 3.05) is 0 Å².